The monoisotopic (exact) mass is 280 g/mol. The summed E-state index contributed by atoms with van der Waals surface area (Å²) >= 11 is 0. The van der Waals surface area contributed by atoms with Crippen LogP contribution >= 0.6 is 0 Å². The van der Waals surface area contributed by atoms with Crippen LogP contribution in [0.1, 0.15) is 33.0 Å². The topological polar surface area (TPSA) is 69.6 Å². The molecule has 1 N–H and O–H groups in total. The predicted molar refractivity (Wildman–Crippen MR) is 75.9 cm³/mol. The van der Waals surface area contributed by atoms with Gasteiger partial charge in [0.1, 0.15) is 5.76 Å². The first-order chi connectivity index (χ1) is 9.40. The highest BCUT2D eigenvalue weighted by molar-refractivity contribution is 4.98. The Kier molecular flexibility index (Phi) is 6.73. The molecule has 112 valence electrons. The highest BCUT2D eigenvalue weighted by Gasteiger charge is 2.17. The standard InChI is InChI=1S/C15H24N2O3/c1-15(2,3)20-12-13(18)10-17(8-5-7-16)11-14-6-4-9-19-14/h4,6,9,13,18H,5,8,10-12H2,1-3H3. The number of rotatable bonds is 8. The van der Waals surface area contributed by atoms with Gasteiger partial charge in [-0.1, -0.05) is 0 Å². The first-order valence-electron chi connectivity index (χ1n) is 6.84. The predicted octanol–water partition coefficient (Wildman–Crippen LogP) is 2.17. The molecule has 0 saturated heterocycles. The maximum Gasteiger partial charge on any atom is 0.117 e. The SMILES string of the molecule is CC(C)(C)OCC(O)CN(CCC#N)Cc1ccco1. The van der Waals surface area contributed by atoms with Crippen molar-refractivity contribution in [3.8, 4) is 6.07 Å². The third kappa shape index (κ3) is 7.29. The number of hydrogen-bond acceptors (Lipinski definition) is 5. The van der Waals surface area contributed by atoms with Crippen LogP contribution in [-0.4, -0.2) is 41.4 Å². The molecule has 0 spiro atoms. The van der Waals surface area contributed by atoms with Crippen LogP contribution in [-0.2, 0) is 11.3 Å². The zero-order chi connectivity index (χ0) is 15.0. The van der Waals surface area contributed by atoms with Crippen molar-refractivity contribution in [2.24, 2.45) is 0 Å². The smallest absolute Gasteiger partial charge is 0.117 e. The van der Waals surface area contributed by atoms with Crippen LogP contribution < -0.4 is 0 Å². The first-order valence-corrected chi connectivity index (χ1v) is 6.84. The lowest BCUT2D eigenvalue weighted by Gasteiger charge is -2.26. The largest absolute Gasteiger partial charge is 0.468 e. The minimum atomic E-state index is -0.581. The summed E-state index contributed by atoms with van der Waals surface area (Å²) in [5, 5.41) is 18.7. The van der Waals surface area contributed by atoms with E-state index in [4.69, 9.17) is 14.4 Å². The van der Waals surface area contributed by atoms with E-state index in [1.54, 1.807) is 6.26 Å². The molecule has 0 aliphatic carbocycles. The number of nitriles is 1. The normalized spacial score (nSPS) is 13.4. The first kappa shape index (κ1) is 16.7. The third-order valence-corrected chi connectivity index (χ3v) is 2.68. The Morgan fingerprint density at radius 3 is 2.80 bits per heavy atom. The number of ether oxygens (including phenoxy) is 1. The van der Waals surface area contributed by atoms with E-state index in [1.165, 1.54) is 0 Å². The second kappa shape index (κ2) is 8.05. The molecule has 1 atom stereocenters. The summed E-state index contributed by atoms with van der Waals surface area (Å²) < 4.78 is 10.9. The molecule has 1 unspecified atom stereocenters. The van der Waals surface area contributed by atoms with Crippen molar-refractivity contribution < 1.29 is 14.3 Å². The Balaban J connectivity index is 2.45. The van der Waals surface area contributed by atoms with Crippen molar-refractivity contribution >= 4 is 0 Å². The van der Waals surface area contributed by atoms with E-state index in [2.05, 4.69) is 6.07 Å². The van der Waals surface area contributed by atoms with Crippen LogP contribution in [0.25, 0.3) is 0 Å². The van der Waals surface area contributed by atoms with Crippen LogP contribution in [0.5, 0.6) is 0 Å². The molecule has 1 aromatic rings. The average molecular weight is 280 g/mol. The van der Waals surface area contributed by atoms with Gasteiger partial charge in [-0.05, 0) is 32.9 Å². The Morgan fingerprint density at radius 2 is 2.25 bits per heavy atom. The van der Waals surface area contributed by atoms with Crippen molar-refractivity contribution in [3.63, 3.8) is 0 Å². The van der Waals surface area contributed by atoms with E-state index in [1.807, 2.05) is 37.8 Å². The molecule has 0 saturated carbocycles. The molecule has 5 heteroatoms. The van der Waals surface area contributed by atoms with E-state index < -0.39 is 6.10 Å². The number of furan rings is 1. The molecule has 0 fully saturated rings. The van der Waals surface area contributed by atoms with Crippen molar-refractivity contribution in [1.29, 1.82) is 5.26 Å². The van der Waals surface area contributed by atoms with E-state index in [0.29, 0.717) is 26.1 Å². The minimum absolute atomic E-state index is 0.264. The molecular formula is C15H24N2O3. The fourth-order valence-electron chi connectivity index (χ4n) is 1.76. The van der Waals surface area contributed by atoms with Crippen molar-refractivity contribution in [2.45, 2.75) is 45.4 Å². The molecular weight excluding hydrogens is 256 g/mol. The van der Waals surface area contributed by atoms with Gasteiger partial charge in [-0.2, -0.15) is 5.26 Å². The van der Waals surface area contributed by atoms with E-state index in [-0.39, 0.29) is 12.2 Å². The fraction of sp³-hybridized carbons (Fsp3) is 0.667. The molecule has 0 aliphatic heterocycles. The van der Waals surface area contributed by atoms with E-state index >= 15 is 0 Å². The van der Waals surface area contributed by atoms with Gasteiger partial charge in [0.15, 0.2) is 0 Å². The van der Waals surface area contributed by atoms with E-state index in [0.717, 1.165) is 5.76 Å². The zero-order valence-electron chi connectivity index (χ0n) is 12.5. The van der Waals surface area contributed by atoms with Gasteiger partial charge in [0.25, 0.3) is 0 Å². The van der Waals surface area contributed by atoms with Gasteiger partial charge in [-0.15, -0.1) is 0 Å². The minimum Gasteiger partial charge on any atom is -0.468 e. The highest BCUT2D eigenvalue weighted by Crippen LogP contribution is 2.10. The maximum atomic E-state index is 10.0. The lowest BCUT2D eigenvalue weighted by molar-refractivity contribution is -0.0568. The third-order valence-electron chi connectivity index (χ3n) is 2.68. The quantitative estimate of drug-likeness (QED) is 0.790. The molecule has 1 heterocycles. The average Bonchev–Trinajstić information content (AvgIpc) is 2.85. The maximum absolute atomic E-state index is 10.0. The lowest BCUT2D eigenvalue weighted by atomic mass is 10.2. The number of nitrogens with zero attached hydrogens (tertiary/aromatic N) is 2. The van der Waals surface area contributed by atoms with Gasteiger partial charge in [0, 0.05) is 19.5 Å². The van der Waals surface area contributed by atoms with Crippen molar-refractivity contribution in [1.82, 2.24) is 4.90 Å². The van der Waals surface area contributed by atoms with Crippen molar-refractivity contribution in [2.75, 3.05) is 19.7 Å². The molecule has 20 heavy (non-hydrogen) atoms. The van der Waals surface area contributed by atoms with Gasteiger partial charge in [-0.25, -0.2) is 0 Å². The highest BCUT2D eigenvalue weighted by atomic mass is 16.5. The van der Waals surface area contributed by atoms with Crippen molar-refractivity contribution in [3.05, 3.63) is 24.2 Å². The fourth-order valence-corrected chi connectivity index (χ4v) is 1.76. The second-order valence-electron chi connectivity index (χ2n) is 5.80. The summed E-state index contributed by atoms with van der Waals surface area (Å²) in [6, 6.07) is 5.84. The number of hydrogen-bond donors (Lipinski definition) is 1. The lowest BCUT2D eigenvalue weighted by Crippen LogP contribution is -2.37. The summed E-state index contributed by atoms with van der Waals surface area (Å²) in [6.07, 6.45) is 1.47. The molecule has 0 aromatic carbocycles. The van der Waals surface area contributed by atoms with Gasteiger partial charge in [0.2, 0.25) is 0 Å². The summed E-state index contributed by atoms with van der Waals surface area (Å²) in [4.78, 5) is 2.00. The molecule has 1 rings (SSSR count). The molecule has 0 bridgehead atoms. The summed E-state index contributed by atoms with van der Waals surface area (Å²) in [6.45, 7) is 7.79. The van der Waals surface area contributed by atoms with Crippen LogP contribution in [0.15, 0.2) is 22.8 Å². The zero-order valence-corrected chi connectivity index (χ0v) is 12.5. The molecule has 0 radical (unpaired) electrons. The summed E-state index contributed by atoms with van der Waals surface area (Å²) in [5.41, 5.74) is -0.264. The van der Waals surface area contributed by atoms with Gasteiger partial charge < -0.3 is 14.3 Å². The van der Waals surface area contributed by atoms with Crippen LogP contribution in [0.2, 0.25) is 0 Å². The molecule has 0 aliphatic rings. The Morgan fingerprint density at radius 1 is 1.50 bits per heavy atom. The van der Waals surface area contributed by atoms with E-state index in [9.17, 15) is 5.11 Å². The second-order valence-corrected chi connectivity index (χ2v) is 5.80. The Labute approximate surface area is 120 Å². The van der Waals surface area contributed by atoms with Gasteiger partial charge >= 0.3 is 0 Å². The summed E-state index contributed by atoms with van der Waals surface area (Å²) in [5.74, 6) is 0.826. The molecule has 5 nitrogen and oxygen atoms in total. The molecule has 1 aromatic heterocycles. The van der Waals surface area contributed by atoms with Crippen LogP contribution in [0.3, 0.4) is 0 Å². The van der Waals surface area contributed by atoms with Crippen LogP contribution in [0.4, 0.5) is 0 Å². The Hall–Kier alpha value is -1.35. The number of aliphatic hydroxyl groups excluding tert-OH is 1. The van der Waals surface area contributed by atoms with Gasteiger partial charge in [-0.3, -0.25) is 4.90 Å². The summed E-state index contributed by atoms with van der Waals surface area (Å²) in [7, 11) is 0. The van der Waals surface area contributed by atoms with Crippen LogP contribution in [0, 0.1) is 11.3 Å². The van der Waals surface area contributed by atoms with Gasteiger partial charge in [0.05, 0.1) is 37.2 Å². The molecule has 0 amide bonds. The number of aliphatic hydroxyl groups is 1. The Bertz CT molecular complexity index is 404.